The van der Waals surface area contributed by atoms with Crippen LogP contribution in [0.25, 0.3) is 0 Å². The number of amides is 1. The number of carbonyl (C=O) groups excluding carboxylic acids is 2. The Bertz CT molecular complexity index is 2000. The Morgan fingerprint density at radius 2 is 1.28 bits per heavy atom. The van der Waals surface area contributed by atoms with E-state index in [-0.39, 0.29) is 50.3 Å². The van der Waals surface area contributed by atoms with Crippen molar-refractivity contribution in [2.75, 3.05) is 48.1 Å². The largest absolute Gasteiger partial charge is 0.497 e. The Labute approximate surface area is 431 Å². The molecule has 0 aliphatic carbocycles. The molecule has 3 aromatic rings. The van der Waals surface area contributed by atoms with Crippen LogP contribution in [0.4, 0.5) is 0 Å². The van der Waals surface area contributed by atoms with E-state index in [0.29, 0.717) is 19.3 Å². The molecule has 1 amide bonds. The van der Waals surface area contributed by atoms with Crippen LogP contribution >= 0.6 is 7.26 Å². The summed E-state index contributed by atoms with van der Waals surface area (Å²) in [5.41, 5.74) is -3.37. The van der Waals surface area contributed by atoms with Crippen LogP contribution in [0.2, 0.25) is 0 Å². The van der Waals surface area contributed by atoms with Gasteiger partial charge < -0.3 is 58.6 Å². The number of cyclic esters (lactones) is 1. The molecule has 14 nitrogen and oxygen atoms in total. The van der Waals surface area contributed by atoms with E-state index >= 15 is 0 Å². The Morgan fingerprint density at radius 1 is 0.778 bits per heavy atom. The summed E-state index contributed by atoms with van der Waals surface area (Å²) in [6, 6.07) is 24.2. The molecule has 5 rings (SSSR count). The van der Waals surface area contributed by atoms with Gasteiger partial charge in [-0.15, -0.1) is 0 Å². The number of nitrogens with zero attached hydrogens (tertiary/aromatic N) is 2. The summed E-state index contributed by atoms with van der Waals surface area (Å²) in [5, 5.41) is 51.4. The fourth-order valence-electron chi connectivity index (χ4n) is 11.1. The summed E-state index contributed by atoms with van der Waals surface area (Å²) in [5.74, 6) is 0.590. The molecule has 2 heterocycles. The lowest BCUT2D eigenvalue weighted by Crippen LogP contribution is -2.60. The fourth-order valence-corrected chi connectivity index (χ4v) is 15.5. The quantitative estimate of drug-likeness (QED) is 0.0582. The maximum Gasteiger partial charge on any atom is 0.309 e. The van der Waals surface area contributed by atoms with Gasteiger partial charge in [-0.25, -0.2) is 0 Å². The summed E-state index contributed by atoms with van der Waals surface area (Å²) in [7, 11) is 6.65. The first-order valence-electron chi connectivity index (χ1n) is 26.2. The van der Waals surface area contributed by atoms with Crippen LogP contribution in [0.1, 0.15) is 119 Å². The Balaban J connectivity index is 1.33. The van der Waals surface area contributed by atoms with E-state index in [4.69, 9.17) is 28.4 Å². The van der Waals surface area contributed by atoms with Gasteiger partial charge in [0.05, 0.1) is 57.3 Å². The van der Waals surface area contributed by atoms with E-state index < -0.39 is 73.0 Å². The summed E-state index contributed by atoms with van der Waals surface area (Å²) < 4.78 is 35.4. The van der Waals surface area contributed by atoms with Crippen molar-refractivity contribution in [1.29, 1.82) is 0 Å². The smallest absolute Gasteiger partial charge is 0.309 e. The molecule has 12 atom stereocenters. The summed E-state index contributed by atoms with van der Waals surface area (Å²) in [4.78, 5) is 31.7. The van der Waals surface area contributed by atoms with Crippen molar-refractivity contribution in [1.82, 2.24) is 9.80 Å². The van der Waals surface area contributed by atoms with Gasteiger partial charge in [-0.1, -0.05) is 33.6 Å². The second-order valence-electron chi connectivity index (χ2n) is 21.2. The number of hydrogen-bond donors (Lipinski definition) is 4. The zero-order chi connectivity index (χ0) is 53.0. The number of methoxy groups -OCH3 is 3. The molecule has 4 N–H and O–H groups in total. The van der Waals surface area contributed by atoms with Gasteiger partial charge >= 0.3 is 5.97 Å². The normalized spacial score (nSPS) is 30.2. The predicted molar refractivity (Wildman–Crippen MR) is 285 cm³/mol. The van der Waals surface area contributed by atoms with Gasteiger partial charge in [-0.2, -0.15) is 0 Å². The van der Waals surface area contributed by atoms with Crippen LogP contribution in [0.3, 0.4) is 0 Å². The van der Waals surface area contributed by atoms with Crippen LogP contribution in [-0.4, -0.2) is 150 Å². The molecule has 402 valence electrons. The van der Waals surface area contributed by atoms with E-state index in [2.05, 4.69) is 36.4 Å². The van der Waals surface area contributed by atoms with E-state index in [0.717, 1.165) is 49.1 Å². The first-order valence-corrected chi connectivity index (χ1v) is 28.2. The van der Waals surface area contributed by atoms with Crippen molar-refractivity contribution in [2.45, 2.75) is 179 Å². The molecule has 2 saturated heterocycles. The number of hydrogen-bond acceptors (Lipinski definition) is 13. The molecule has 15 heteroatoms. The molecule has 0 aromatic heterocycles. The highest BCUT2D eigenvalue weighted by Crippen LogP contribution is 2.56. The van der Waals surface area contributed by atoms with Crippen LogP contribution in [0, 0.1) is 11.8 Å². The second-order valence-corrected chi connectivity index (χ2v) is 24.8. The highest BCUT2D eigenvalue weighted by molar-refractivity contribution is 7.95. The Hall–Kier alpha value is -3.85. The third-order valence-corrected chi connectivity index (χ3v) is 20.0. The molecule has 2 aliphatic heterocycles. The van der Waals surface area contributed by atoms with Gasteiger partial charge in [0.1, 0.15) is 64.3 Å². The van der Waals surface area contributed by atoms with Gasteiger partial charge in [0.25, 0.3) is 0 Å². The standard InChI is InChI=1S/C57H88N2O12P/c1-13-49-57(7,65)52(62)41(5)59(34-19-33-56(6,64)53(38(2)36-39(3)54(63)70-49)71-55-51(61)48(58(8)9)37-40(4)69-55)50(60)20-17-15-14-16-18-35-72(45-27-21-42(66-10)22-28-45,46-29-23-43(67-11)24-30-46)47-31-25-44(68-12)26-32-47/h21-32,38-41,48-49,51-53,55,61-62,64-65H,13-20,33-37H2,1-12H3/q+1/t38-,39+,40+,41+,48-,49+,51+,52+,53+,55-,56+,57+/m0/s1. The van der Waals surface area contributed by atoms with Crippen molar-refractivity contribution in [3.05, 3.63) is 72.8 Å². The molecule has 0 radical (unpaired) electrons. The first-order chi connectivity index (χ1) is 34.1. The van der Waals surface area contributed by atoms with Gasteiger partial charge in [0, 0.05) is 19.0 Å². The number of unbranched alkanes of at least 4 members (excludes halogenated alkanes) is 4. The number of rotatable bonds is 18. The topological polar surface area (TPSA) is 177 Å². The number of likely N-dealkylation sites (N-methyl/N-ethyl adjacent to an activating group) is 1. The van der Waals surface area contributed by atoms with E-state index in [1.807, 2.05) is 69.2 Å². The summed E-state index contributed by atoms with van der Waals surface area (Å²) in [6.45, 7) is 12.4. The number of aliphatic hydroxyl groups excluding tert-OH is 2. The fraction of sp³-hybridized carbons (Fsp3) is 0.649. The molecule has 0 unspecified atom stereocenters. The lowest BCUT2D eigenvalue weighted by molar-refractivity contribution is -0.294. The van der Waals surface area contributed by atoms with Gasteiger partial charge in [-0.05, 0) is 172 Å². The second kappa shape index (κ2) is 26.6. The van der Waals surface area contributed by atoms with Crippen LogP contribution < -0.4 is 30.1 Å². The number of ether oxygens (including phenoxy) is 6. The SMILES string of the molecule is CC[C@H]1OC(=O)[C@H](C)C[C@H](C)[C@@H](O[C@@H]2O[C@H](C)C[C@H](N(C)C)[C@H]2O)[C@](C)(O)CCCN(C(=O)CCCCCCC[P+](c2ccc(OC)cc2)(c2ccc(OC)cc2)c2ccc(OC)cc2)[C@H](C)[C@@H](O)[C@]1(C)O. The van der Waals surface area contributed by atoms with E-state index in [9.17, 15) is 30.0 Å². The maximum atomic E-state index is 14.4. The molecule has 72 heavy (non-hydrogen) atoms. The third kappa shape index (κ3) is 14.3. The first kappa shape index (κ1) is 59.0. The number of aliphatic hydroxyl groups is 4. The van der Waals surface area contributed by atoms with E-state index in [1.165, 1.54) is 22.8 Å². The summed E-state index contributed by atoms with van der Waals surface area (Å²) in [6.07, 6.45) is 1.40. The van der Waals surface area contributed by atoms with Gasteiger partial charge in [-0.3, -0.25) is 9.59 Å². The average molecular weight is 1020 g/mol. The molecule has 3 aromatic carbocycles. The molecular formula is C57H88N2O12P+. The van der Waals surface area contributed by atoms with Gasteiger partial charge in [0.2, 0.25) is 5.91 Å². The highest BCUT2D eigenvalue weighted by atomic mass is 31.2. The number of carbonyl (C=O) groups is 2. The molecule has 0 spiro atoms. The maximum absolute atomic E-state index is 14.4. The van der Waals surface area contributed by atoms with Crippen molar-refractivity contribution in [2.24, 2.45) is 11.8 Å². The van der Waals surface area contributed by atoms with Crippen LogP contribution in [0.5, 0.6) is 17.2 Å². The molecule has 0 saturated carbocycles. The van der Waals surface area contributed by atoms with E-state index in [1.54, 1.807) is 53.9 Å². The molecule has 2 fully saturated rings. The van der Waals surface area contributed by atoms with Crippen molar-refractivity contribution in [3.63, 3.8) is 0 Å². The summed E-state index contributed by atoms with van der Waals surface area (Å²) >= 11 is 0. The van der Waals surface area contributed by atoms with Crippen LogP contribution in [-0.2, 0) is 23.8 Å². The lowest BCUT2D eigenvalue weighted by atomic mass is 9.81. The Kier molecular flexibility index (Phi) is 21.8. The van der Waals surface area contributed by atoms with Crippen molar-refractivity contribution >= 4 is 35.1 Å². The Morgan fingerprint density at radius 3 is 1.76 bits per heavy atom. The zero-order valence-corrected chi connectivity index (χ0v) is 46.2. The zero-order valence-electron chi connectivity index (χ0n) is 45.3. The molecular weight excluding hydrogens is 936 g/mol. The van der Waals surface area contributed by atoms with Crippen LogP contribution in [0.15, 0.2) is 72.8 Å². The van der Waals surface area contributed by atoms with Crippen molar-refractivity contribution < 1.29 is 58.4 Å². The minimum Gasteiger partial charge on any atom is -0.497 e. The number of benzene rings is 3. The highest BCUT2D eigenvalue weighted by Gasteiger charge is 2.49. The minimum absolute atomic E-state index is 0.174. The predicted octanol–water partition coefficient (Wildman–Crippen LogP) is 7.02. The minimum atomic E-state index is -2.18. The monoisotopic (exact) mass is 1020 g/mol. The van der Waals surface area contributed by atoms with Crippen molar-refractivity contribution in [3.8, 4) is 17.2 Å². The molecule has 2 aliphatic rings. The average Bonchev–Trinajstić information content (AvgIpc) is 3.36. The lowest BCUT2D eigenvalue weighted by Gasteiger charge is -2.45. The van der Waals surface area contributed by atoms with Gasteiger partial charge in [0.15, 0.2) is 6.29 Å². The number of esters is 1. The molecule has 0 bridgehead atoms. The third-order valence-electron chi connectivity index (χ3n) is 15.5.